The minimum atomic E-state index is -1.92. The zero-order valence-electron chi connectivity index (χ0n) is 9.95. The predicted molar refractivity (Wildman–Crippen MR) is 67.6 cm³/mol. The highest BCUT2D eigenvalue weighted by Crippen LogP contribution is 2.10. The molecule has 8 nitrogen and oxygen atoms in total. The summed E-state index contributed by atoms with van der Waals surface area (Å²) in [4.78, 5) is 0. The molecule has 0 radical (unpaired) electrons. The molecule has 0 fully saturated rings. The van der Waals surface area contributed by atoms with E-state index in [9.17, 15) is 4.39 Å². The van der Waals surface area contributed by atoms with Gasteiger partial charge in [-0.05, 0) is 23.4 Å². The summed E-state index contributed by atoms with van der Waals surface area (Å²) in [6.07, 6.45) is 1.30. The van der Waals surface area contributed by atoms with Gasteiger partial charge in [-0.25, -0.2) is 4.39 Å². The van der Waals surface area contributed by atoms with Gasteiger partial charge in [0.25, 0.3) is 0 Å². The fraction of sp³-hybridized carbons (Fsp3) is 0. The number of nitrogens with one attached hydrogen (secondary N) is 2. The highest BCUT2D eigenvalue weighted by molar-refractivity contribution is 6.58. The molecule has 0 saturated heterocycles. The summed E-state index contributed by atoms with van der Waals surface area (Å²) in [5.41, 5.74) is 0.196. The van der Waals surface area contributed by atoms with Crippen molar-refractivity contribution in [1.82, 2.24) is 20.6 Å². The van der Waals surface area contributed by atoms with Crippen molar-refractivity contribution in [3.63, 3.8) is 0 Å². The van der Waals surface area contributed by atoms with Gasteiger partial charge in [0.05, 0.1) is 0 Å². The fourth-order valence-corrected chi connectivity index (χ4v) is 1.41. The quantitative estimate of drug-likeness (QED) is 0.415. The largest absolute Gasteiger partial charge is 0.491 e. The standard InChI is InChI=1S/C10H8BFN6O2/c12-9-2-1-7(3-8(9)11(19)20)14-5-6(4-13)10-15-17-18-16-10/h1-3,5,14,19-20H,(H,15,16,17,18). The molecule has 1 aromatic carbocycles. The van der Waals surface area contributed by atoms with Gasteiger partial charge < -0.3 is 15.4 Å². The van der Waals surface area contributed by atoms with Crippen LogP contribution in [0.4, 0.5) is 10.1 Å². The first-order valence-corrected chi connectivity index (χ1v) is 5.38. The van der Waals surface area contributed by atoms with Crippen LogP contribution in [-0.2, 0) is 0 Å². The summed E-state index contributed by atoms with van der Waals surface area (Å²) < 4.78 is 13.3. The number of benzene rings is 1. The molecule has 20 heavy (non-hydrogen) atoms. The lowest BCUT2D eigenvalue weighted by Crippen LogP contribution is -2.32. The fourth-order valence-electron chi connectivity index (χ4n) is 1.41. The molecule has 2 aromatic rings. The molecule has 0 aliphatic rings. The number of tetrazole rings is 1. The van der Waals surface area contributed by atoms with Gasteiger partial charge in [-0.15, -0.1) is 10.2 Å². The van der Waals surface area contributed by atoms with Crippen LogP contribution < -0.4 is 10.8 Å². The third kappa shape index (κ3) is 2.97. The molecule has 0 aliphatic heterocycles. The van der Waals surface area contributed by atoms with Crippen LogP contribution >= 0.6 is 0 Å². The number of anilines is 1. The summed E-state index contributed by atoms with van der Waals surface area (Å²) in [7, 11) is -1.92. The van der Waals surface area contributed by atoms with Crippen LogP contribution in [0, 0.1) is 17.1 Å². The number of hydrogen-bond donors (Lipinski definition) is 4. The lowest BCUT2D eigenvalue weighted by Gasteiger charge is -2.06. The van der Waals surface area contributed by atoms with E-state index in [4.69, 9.17) is 15.3 Å². The van der Waals surface area contributed by atoms with Crippen LogP contribution in [0.2, 0.25) is 0 Å². The van der Waals surface area contributed by atoms with Gasteiger partial charge in [-0.1, -0.05) is 0 Å². The number of aromatic nitrogens is 4. The number of rotatable bonds is 4. The second-order valence-corrected chi connectivity index (χ2v) is 3.66. The van der Waals surface area contributed by atoms with E-state index in [0.29, 0.717) is 5.69 Å². The van der Waals surface area contributed by atoms with Crippen LogP contribution in [0.1, 0.15) is 5.82 Å². The minimum Gasteiger partial charge on any atom is -0.423 e. The van der Waals surface area contributed by atoms with Crippen molar-refractivity contribution in [3.8, 4) is 6.07 Å². The molecule has 0 saturated carbocycles. The van der Waals surface area contributed by atoms with Crippen molar-refractivity contribution in [2.24, 2.45) is 0 Å². The lowest BCUT2D eigenvalue weighted by molar-refractivity contribution is 0.423. The average Bonchev–Trinajstić information content (AvgIpc) is 2.95. The maximum absolute atomic E-state index is 13.3. The minimum absolute atomic E-state index is 0.101. The van der Waals surface area contributed by atoms with E-state index in [1.807, 2.05) is 6.07 Å². The molecule has 0 aliphatic carbocycles. The Balaban J connectivity index is 2.22. The van der Waals surface area contributed by atoms with Crippen molar-refractivity contribution in [1.29, 1.82) is 5.26 Å². The Labute approximate surface area is 112 Å². The first kappa shape index (κ1) is 13.7. The molecule has 0 unspecified atom stereocenters. The van der Waals surface area contributed by atoms with E-state index in [-0.39, 0.29) is 16.9 Å². The Morgan fingerprint density at radius 2 is 2.30 bits per heavy atom. The van der Waals surface area contributed by atoms with Gasteiger partial charge >= 0.3 is 7.12 Å². The van der Waals surface area contributed by atoms with Crippen LogP contribution in [0.3, 0.4) is 0 Å². The molecule has 10 heteroatoms. The van der Waals surface area contributed by atoms with Crippen LogP contribution in [0.5, 0.6) is 0 Å². The number of H-pyrrole nitrogens is 1. The average molecular weight is 274 g/mol. The summed E-state index contributed by atoms with van der Waals surface area (Å²) in [6.45, 7) is 0. The molecule has 0 bridgehead atoms. The molecule has 100 valence electrons. The van der Waals surface area contributed by atoms with E-state index in [0.717, 1.165) is 6.07 Å². The van der Waals surface area contributed by atoms with Gasteiger partial charge in [0, 0.05) is 17.4 Å². The van der Waals surface area contributed by atoms with E-state index in [1.165, 1.54) is 18.3 Å². The Kier molecular flexibility index (Phi) is 4.04. The van der Waals surface area contributed by atoms with E-state index in [2.05, 4.69) is 25.9 Å². The molecule has 2 rings (SSSR count). The van der Waals surface area contributed by atoms with Crippen molar-refractivity contribution >= 4 is 23.8 Å². The maximum atomic E-state index is 13.3. The normalized spacial score (nSPS) is 11.0. The smallest absolute Gasteiger partial charge is 0.423 e. The lowest BCUT2D eigenvalue weighted by atomic mass is 9.79. The summed E-state index contributed by atoms with van der Waals surface area (Å²) in [5.74, 6) is -0.641. The molecule has 1 aromatic heterocycles. The molecule has 0 spiro atoms. The first-order valence-electron chi connectivity index (χ1n) is 5.38. The Hall–Kier alpha value is -2.77. The predicted octanol–water partition coefficient (Wildman–Crippen LogP) is -1.00. The van der Waals surface area contributed by atoms with Crippen molar-refractivity contribution in [3.05, 3.63) is 36.0 Å². The second kappa shape index (κ2) is 5.92. The van der Waals surface area contributed by atoms with Crippen LogP contribution in [0.15, 0.2) is 24.4 Å². The highest BCUT2D eigenvalue weighted by atomic mass is 19.1. The third-order valence-corrected chi connectivity index (χ3v) is 2.36. The maximum Gasteiger partial charge on any atom is 0.491 e. The van der Waals surface area contributed by atoms with E-state index in [1.54, 1.807) is 0 Å². The molecule has 0 amide bonds. The van der Waals surface area contributed by atoms with Crippen molar-refractivity contribution in [2.45, 2.75) is 0 Å². The Morgan fingerprint density at radius 3 is 2.90 bits per heavy atom. The highest BCUT2D eigenvalue weighted by Gasteiger charge is 2.16. The van der Waals surface area contributed by atoms with E-state index >= 15 is 0 Å². The van der Waals surface area contributed by atoms with Gasteiger partial charge in [0.2, 0.25) is 5.82 Å². The number of nitriles is 1. The van der Waals surface area contributed by atoms with Crippen LogP contribution in [0.25, 0.3) is 5.57 Å². The number of nitrogens with zero attached hydrogens (tertiary/aromatic N) is 4. The summed E-state index contributed by atoms with van der Waals surface area (Å²) in [5, 5.41) is 42.4. The van der Waals surface area contributed by atoms with E-state index < -0.39 is 12.9 Å². The zero-order valence-corrected chi connectivity index (χ0v) is 9.95. The van der Waals surface area contributed by atoms with Gasteiger partial charge in [0.1, 0.15) is 17.5 Å². The number of allylic oxidation sites excluding steroid dienone is 1. The van der Waals surface area contributed by atoms with Gasteiger partial charge in [-0.2, -0.15) is 10.5 Å². The van der Waals surface area contributed by atoms with Crippen molar-refractivity contribution in [2.75, 3.05) is 5.32 Å². The molecular formula is C10H8BFN6O2. The Morgan fingerprint density at radius 1 is 1.50 bits per heavy atom. The van der Waals surface area contributed by atoms with Gasteiger partial charge in [0.15, 0.2) is 0 Å². The zero-order chi connectivity index (χ0) is 14.5. The number of aromatic amines is 1. The molecule has 1 heterocycles. The topological polar surface area (TPSA) is 131 Å². The number of halogens is 1. The first-order chi connectivity index (χ1) is 9.61. The molecular weight excluding hydrogens is 266 g/mol. The third-order valence-electron chi connectivity index (χ3n) is 2.36. The van der Waals surface area contributed by atoms with Gasteiger partial charge in [-0.3, -0.25) is 0 Å². The van der Waals surface area contributed by atoms with Crippen molar-refractivity contribution < 1.29 is 14.4 Å². The van der Waals surface area contributed by atoms with Crippen LogP contribution in [-0.4, -0.2) is 37.8 Å². The SMILES string of the molecule is N#CC(=CNc1ccc(F)c(B(O)O)c1)c1nn[nH]n1. The summed E-state index contributed by atoms with van der Waals surface area (Å²) in [6, 6.07) is 5.53. The number of hydrogen-bond acceptors (Lipinski definition) is 7. The monoisotopic (exact) mass is 274 g/mol. The molecule has 4 N–H and O–H groups in total. The molecule has 0 atom stereocenters. The second-order valence-electron chi connectivity index (χ2n) is 3.66. The Bertz CT molecular complexity index is 667. The summed E-state index contributed by atoms with van der Waals surface area (Å²) >= 11 is 0.